The molecule has 0 atom stereocenters. The van der Waals surface area contributed by atoms with Gasteiger partial charge < -0.3 is 14.5 Å². The minimum atomic E-state index is 0.645. The van der Waals surface area contributed by atoms with E-state index in [4.69, 9.17) is 9.72 Å². The zero-order valence-corrected chi connectivity index (χ0v) is 17.5. The first kappa shape index (κ1) is 19.3. The first-order valence-electron chi connectivity index (χ1n) is 9.97. The molecule has 0 bridgehead atoms. The van der Waals surface area contributed by atoms with Gasteiger partial charge in [0.25, 0.3) is 0 Å². The van der Waals surface area contributed by atoms with E-state index in [9.17, 15) is 0 Å². The first-order valence-corrected chi connectivity index (χ1v) is 10.9. The van der Waals surface area contributed by atoms with Crippen molar-refractivity contribution in [1.82, 2.24) is 14.9 Å². The minimum absolute atomic E-state index is 0.645. The van der Waals surface area contributed by atoms with Crippen molar-refractivity contribution in [2.45, 2.75) is 12.8 Å². The maximum absolute atomic E-state index is 5.88. The second-order valence-corrected chi connectivity index (χ2v) is 8.56. The number of aromatic nitrogens is 2. The van der Waals surface area contributed by atoms with Gasteiger partial charge in [-0.05, 0) is 38.4 Å². The number of benzene rings is 1. The van der Waals surface area contributed by atoms with Crippen molar-refractivity contribution in [3.63, 3.8) is 0 Å². The molecular formula is C22H28N4OS. The Kier molecular flexibility index (Phi) is 6.20. The van der Waals surface area contributed by atoms with E-state index in [2.05, 4.69) is 64.6 Å². The molecule has 1 aliphatic heterocycles. The zero-order valence-electron chi connectivity index (χ0n) is 16.7. The highest BCUT2D eigenvalue weighted by Crippen LogP contribution is 2.38. The summed E-state index contributed by atoms with van der Waals surface area (Å²) in [5, 5.41) is 3.41. The first-order chi connectivity index (χ1) is 13.7. The van der Waals surface area contributed by atoms with Crippen LogP contribution >= 0.6 is 11.3 Å². The molecule has 0 spiro atoms. The van der Waals surface area contributed by atoms with Gasteiger partial charge in [-0.1, -0.05) is 30.3 Å². The van der Waals surface area contributed by atoms with Gasteiger partial charge in [0.2, 0.25) is 0 Å². The number of hydrogen-bond acceptors (Lipinski definition) is 6. The molecule has 0 amide bonds. The Morgan fingerprint density at radius 2 is 1.93 bits per heavy atom. The van der Waals surface area contributed by atoms with Gasteiger partial charge in [-0.15, -0.1) is 11.3 Å². The normalized spacial score (nSPS) is 15.6. The van der Waals surface area contributed by atoms with Gasteiger partial charge in [-0.25, -0.2) is 9.97 Å². The van der Waals surface area contributed by atoms with Crippen LogP contribution in [0.2, 0.25) is 0 Å². The van der Waals surface area contributed by atoms with Crippen LogP contribution in [0.5, 0.6) is 0 Å². The van der Waals surface area contributed by atoms with Crippen molar-refractivity contribution in [1.29, 1.82) is 0 Å². The van der Waals surface area contributed by atoms with Crippen LogP contribution in [0.4, 0.5) is 5.82 Å². The summed E-state index contributed by atoms with van der Waals surface area (Å²) in [6.07, 6.45) is 4.01. The van der Waals surface area contributed by atoms with Crippen molar-refractivity contribution in [2.75, 3.05) is 51.8 Å². The van der Waals surface area contributed by atoms with Gasteiger partial charge >= 0.3 is 0 Å². The van der Waals surface area contributed by atoms with E-state index in [1.54, 1.807) is 17.7 Å². The van der Waals surface area contributed by atoms with E-state index in [0.717, 1.165) is 56.3 Å². The lowest BCUT2D eigenvalue weighted by Gasteiger charge is -2.33. The SMILES string of the molecule is CN(C)CCOCC1CCN(c2ncnc3scc(-c4ccccc4)c23)CC1. The van der Waals surface area contributed by atoms with Crippen LogP contribution in [-0.2, 0) is 4.74 Å². The number of anilines is 1. The van der Waals surface area contributed by atoms with Crippen LogP contribution < -0.4 is 4.90 Å². The number of rotatable bonds is 7. The molecule has 4 rings (SSSR count). The second kappa shape index (κ2) is 8.99. The minimum Gasteiger partial charge on any atom is -0.380 e. The number of hydrogen-bond donors (Lipinski definition) is 0. The van der Waals surface area contributed by atoms with Gasteiger partial charge in [0.15, 0.2) is 0 Å². The lowest BCUT2D eigenvalue weighted by molar-refractivity contribution is 0.0795. The molecule has 0 saturated carbocycles. The van der Waals surface area contributed by atoms with E-state index in [1.807, 2.05) is 0 Å². The molecule has 28 heavy (non-hydrogen) atoms. The summed E-state index contributed by atoms with van der Waals surface area (Å²) in [5.41, 5.74) is 2.47. The highest BCUT2D eigenvalue weighted by molar-refractivity contribution is 7.17. The average molecular weight is 397 g/mol. The molecule has 1 saturated heterocycles. The Hall–Kier alpha value is -2.02. The van der Waals surface area contributed by atoms with Crippen molar-refractivity contribution in [3.05, 3.63) is 42.0 Å². The van der Waals surface area contributed by atoms with Gasteiger partial charge in [0.05, 0.1) is 12.0 Å². The molecule has 1 aliphatic rings. The van der Waals surface area contributed by atoms with Gasteiger partial charge in [-0.2, -0.15) is 0 Å². The van der Waals surface area contributed by atoms with Crippen LogP contribution in [0.1, 0.15) is 12.8 Å². The van der Waals surface area contributed by atoms with E-state index in [1.165, 1.54) is 16.5 Å². The summed E-state index contributed by atoms with van der Waals surface area (Å²) < 4.78 is 5.88. The zero-order chi connectivity index (χ0) is 19.3. The molecule has 1 aromatic carbocycles. The fourth-order valence-corrected chi connectivity index (χ4v) is 4.65. The summed E-state index contributed by atoms with van der Waals surface area (Å²) in [6.45, 7) is 4.72. The van der Waals surface area contributed by atoms with E-state index < -0.39 is 0 Å². The molecule has 1 fully saturated rings. The Labute approximate surface area is 171 Å². The Bertz CT molecular complexity index is 888. The molecule has 0 radical (unpaired) electrons. The topological polar surface area (TPSA) is 41.5 Å². The number of fused-ring (bicyclic) bond motifs is 1. The number of ether oxygens (including phenoxy) is 1. The molecule has 3 heterocycles. The summed E-state index contributed by atoms with van der Waals surface area (Å²) >= 11 is 1.70. The molecule has 2 aromatic heterocycles. The van der Waals surface area contributed by atoms with Crippen LogP contribution in [0.15, 0.2) is 42.0 Å². The van der Waals surface area contributed by atoms with Crippen molar-refractivity contribution in [2.24, 2.45) is 5.92 Å². The largest absolute Gasteiger partial charge is 0.380 e. The molecule has 3 aromatic rings. The monoisotopic (exact) mass is 396 g/mol. The molecule has 0 aliphatic carbocycles. The second-order valence-electron chi connectivity index (χ2n) is 7.70. The fourth-order valence-electron chi connectivity index (χ4n) is 3.74. The third-order valence-corrected chi connectivity index (χ3v) is 6.27. The summed E-state index contributed by atoms with van der Waals surface area (Å²) in [5.74, 6) is 1.73. The third kappa shape index (κ3) is 4.35. The lowest BCUT2D eigenvalue weighted by atomic mass is 9.97. The summed E-state index contributed by atoms with van der Waals surface area (Å²) in [7, 11) is 4.16. The van der Waals surface area contributed by atoms with E-state index >= 15 is 0 Å². The maximum atomic E-state index is 5.88. The predicted molar refractivity (Wildman–Crippen MR) is 117 cm³/mol. The molecule has 148 valence electrons. The Balaban J connectivity index is 1.46. The van der Waals surface area contributed by atoms with Crippen molar-refractivity contribution < 1.29 is 4.74 Å². The van der Waals surface area contributed by atoms with Crippen molar-refractivity contribution in [3.8, 4) is 11.1 Å². The third-order valence-electron chi connectivity index (χ3n) is 5.39. The smallest absolute Gasteiger partial charge is 0.141 e. The molecule has 0 unspecified atom stereocenters. The summed E-state index contributed by atoms with van der Waals surface area (Å²) in [6, 6.07) is 10.6. The number of nitrogens with zero attached hydrogens (tertiary/aromatic N) is 4. The molecule has 6 heteroatoms. The van der Waals surface area contributed by atoms with Crippen molar-refractivity contribution >= 4 is 27.4 Å². The van der Waals surface area contributed by atoms with Crippen LogP contribution in [0, 0.1) is 5.92 Å². The van der Waals surface area contributed by atoms with Gasteiger partial charge in [0, 0.05) is 37.2 Å². The Morgan fingerprint density at radius 3 is 2.68 bits per heavy atom. The average Bonchev–Trinajstić information content (AvgIpc) is 3.17. The quantitative estimate of drug-likeness (QED) is 0.561. The fraction of sp³-hybridized carbons (Fsp3) is 0.455. The highest BCUT2D eigenvalue weighted by Gasteiger charge is 2.23. The number of piperidine rings is 1. The van der Waals surface area contributed by atoms with E-state index in [0.29, 0.717) is 5.92 Å². The molecule has 0 N–H and O–H groups in total. The molecule has 5 nitrogen and oxygen atoms in total. The van der Waals surface area contributed by atoms with Crippen LogP contribution in [0.3, 0.4) is 0 Å². The number of thiophene rings is 1. The van der Waals surface area contributed by atoms with Gasteiger partial charge in [0.1, 0.15) is 17.0 Å². The Morgan fingerprint density at radius 1 is 1.14 bits per heavy atom. The maximum Gasteiger partial charge on any atom is 0.141 e. The highest BCUT2D eigenvalue weighted by atomic mass is 32.1. The summed E-state index contributed by atoms with van der Waals surface area (Å²) in [4.78, 5) is 14.9. The van der Waals surface area contributed by atoms with Gasteiger partial charge in [-0.3, -0.25) is 0 Å². The molecular weight excluding hydrogens is 368 g/mol. The lowest BCUT2D eigenvalue weighted by Crippen LogP contribution is -2.36. The predicted octanol–water partition coefficient (Wildman–Crippen LogP) is 4.15. The standard InChI is InChI=1S/C22H28N4OS/c1-25(2)12-13-27-14-17-8-10-26(11-9-17)21-20-19(18-6-4-3-5-7-18)15-28-22(20)24-16-23-21/h3-7,15-17H,8-14H2,1-2H3. The van der Waals surface area contributed by atoms with Crippen LogP contribution in [-0.4, -0.2) is 61.8 Å². The van der Waals surface area contributed by atoms with E-state index in [-0.39, 0.29) is 0 Å². The number of likely N-dealkylation sites (N-methyl/N-ethyl adjacent to an activating group) is 1. The van der Waals surface area contributed by atoms with Crippen LogP contribution in [0.25, 0.3) is 21.3 Å².